The average Bonchev–Trinajstić information content (AvgIpc) is 3.22. The first-order chi connectivity index (χ1) is 13.7. The van der Waals surface area contributed by atoms with Crippen molar-refractivity contribution in [2.24, 2.45) is 0 Å². The van der Waals surface area contributed by atoms with Gasteiger partial charge in [0.15, 0.2) is 5.75 Å². The van der Waals surface area contributed by atoms with Crippen molar-refractivity contribution in [3.63, 3.8) is 0 Å². The predicted molar refractivity (Wildman–Crippen MR) is 105 cm³/mol. The molecular weight excluding hydrogens is 382 g/mol. The molecule has 2 heterocycles. The monoisotopic (exact) mass is 395 g/mol. The van der Waals surface area contributed by atoms with E-state index in [1.54, 1.807) is 43.8 Å². The highest BCUT2D eigenvalue weighted by Crippen LogP contribution is 2.37. The Morgan fingerprint density at radius 1 is 1.04 bits per heavy atom. The van der Waals surface area contributed by atoms with Crippen LogP contribution < -0.4 is 14.8 Å². The molecular formula is C19H14ClN5O3. The van der Waals surface area contributed by atoms with Crippen LogP contribution in [0.1, 0.15) is 0 Å². The second-order valence-electron chi connectivity index (χ2n) is 5.66. The molecule has 0 aliphatic heterocycles. The van der Waals surface area contributed by atoms with Crippen molar-refractivity contribution in [1.29, 1.82) is 0 Å². The van der Waals surface area contributed by atoms with E-state index in [-0.39, 0.29) is 11.7 Å². The van der Waals surface area contributed by atoms with E-state index in [4.69, 9.17) is 21.1 Å². The second kappa shape index (κ2) is 7.53. The number of H-pyrrole nitrogens is 1. The van der Waals surface area contributed by atoms with Crippen LogP contribution >= 0.6 is 11.6 Å². The summed E-state index contributed by atoms with van der Waals surface area (Å²) in [5.41, 5.74) is 2.44. The Balaban J connectivity index is 1.74. The zero-order valence-corrected chi connectivity index (χ0v) is 15.4. The van der Waals surface area contributed by atoms with Gasteiger partial charge in [0.1, 0.15) is 16.8 Å². The molecule has 4 aromatic rings. The highest BCUT2D eigenvalue weighted by Gasteiger charge is 2.16. The Morgan fingerprint density at radius 2 is 1.86 bits per heavy atom. The van der Waals surface area contributed by atoms with Gasteiger partial charge in [-0.05, 0) is 30.3 Å². The van der Waals surface area contributed by atoms with Gasteiger partial charge >= 0.3 is 6.09 Å². The van der Waals surface area contributed by atoms with Crippen LogP contribution in [0.2, 0.25) is 5.02 Å². The lowest BCUT2D eigenvalue weighted by molar-refractivity contribution is 0.215. The van der Waals surface area contributed by atoms with Gasteiger partial charge in [-0.25, -0.2) is 14.8 Å². The van der Waals surface area contributed by atoms with E-state index in [9.17, 15) is 4.79 Å². The number of methoxy groups -OCH3 is 1. The Morgan fingerprint density at radius 3 is 2.61 bits per heavy atom. The highest BCUT2D eigenvalue weighted by molar-refractivity contribution is 6.33. The molecule has 140 valence electrons. The van der Waals surface area contributed by atoms with Gasteiger partial charge in [0.25, 0.3) is 0 Å². The number of fused-ring (bicyclic) bond motifs is 1. The van der Waals surface area contributed by atoms with Crippen LogP contribution in [0.5, 0.6) is 11.5 Å². The summed E-state index contributed by atoms with van der Waals surface area (Å²) >= 11 is 6.38. The van der Waals surface area contributed by atoms with Crippen LogP contribution in [0.15, 0.2) is 55.1 Å². The van der Waals surface area contributed by atoms with E-state index in [0.29, 0.717) is 21.8 Å². The minimum atomic E-state index is -0.700. The van der Waals surface area contributed by atoms with Crippen LogP contribution in [0.3, 0.4) is 0 Å². The Bertz CT molecular complexity index is 1150. The number of ether oxygens (including phenoxy) is 2. The molecule has 0 aliphatic rings. The second-order valence-corrected chi connectivity index (χ2v) is 6.07. The molecule has 8 nitrogen and oxygen atoms in total. The van der Waals surface area contributed by atoms with Crippen molar-refractivity contribution in [2.75, 3.05) is 12.4 Å². The van der Waals surface area contributed by atoms with Gasteiger partial charge in [-0.2, -0.15) is 0 Å². The fraction of sp³-hybridized carbons (Fsp3) is 0.0526. The largest absolute Gasteiger partial charge is 0.497 e. The molecule has 0 fully saturated rings. The standard InChI is InChI=1S/C19H14ClN5O3/c1-27-11-2-4-14(20)13(10-11)12-3-5-15(17-16(12)21-6-7-22-17)28-19(26)25-18-23-8-9-24-18/h2-10H,1H3,(H2,23,24,25,26). The molecule has 1 amide bonds. The van der Waals surface area contributed by atoms with Crippen molar-refractivity contribution in [3.05, 3.63) is 60.1 Å². The van der Waals surface area contributed by atoms with Gasteiger partial charge in [-0.3, -0.25) is 10.3 Å². The molecule has 0 radical (unpaired) electrons. The summed E-state index contributed by atoms with van der Waals surface area (Å²) in [6, 6.07) is 8.75. The average molecular weight is 396 g/mol. The maximum absolute atomic E-state index is 12.1. The van der Waals surface area contributed by atoms with Crippen molar-refractivity contribution in [2.45, 2.75) is 0 Å². The van der Waals surface area contributed by atoms with Gasteiger partial charge in [0, 0.05) is 40.9 Å². The lowest BCUT2D eigenvalue weighted by Gasteiger charge is -2.12. The Hall–Kier alpha value is -3.65. The third kappa shape index (κ3) is 3.45. The molecule has 0 bridgehead atoms. The van der Waals surface area contributed by atoms with Crippen LogP contribution in [0.25, 0.3) is 22.2 Å². The van der Waals surface area contributed by atoms with Crippen LogP contribution in [0.4, 0.5) is 10.7 Å². The number of nitrogens with zero attached hydrogens (tertiary/aromatic N) is 3. The van der Waals surface area contributed by atoms with Crippen LogP contribution in [-0.2, 0) is 0 Å². The van der Waals surface area contributed by atoms with Crippen molar-refractivity contribution in [1.82, 2.24) is 19.9 Å². The molecule has 2 aromatic carbocycles. The number of nitrogens with one attached hydrogen (secondary N) is 2. The number of carbonyl (C=O) groups excluding carboxylic acids is 1. The van der Waals surface area contributed by atoms with E-state index in [2.05, 4.69) is 25.3 Å². The molecule has 28 heavy (non-hydrogen) atoms. The first-order valence-electron chi connectivity index (χ1n) is 8.21. The smallest absolute Gasteiger partial charge is 0.419 e. The molecule has 0 spiro atoms. The van der Waals surface area contributed by atoms with E-state index in [1.165, 1.54) is 12.4 Å². The molecule has 9 heteroatoms. The van der Waals surface area contributed by atoms with Gasteiger partial charge < -0.3 is 14.5 Å². The van der Waals surface area contributed by atoms with Gasteiger partial charge in [0.2, 0.25) is 5.95 Å². The normalized spacial score (nSPS) is 10.6. The number of aromatic amines is 1. The SMILES string of the molecule is COc1ccc(Cl)c(-c2ccc(OC(=O)Nc3ncc[nH]3)c3nccnc23)c1. The number of anilines is 1. The molecule has 4 rings (SSSR count). The van der Waals surface area contributed by atoms with Crippen LogP contribution in [-0.4, -0.2) is 33.1 Å². The van der Waals surface area contributed by atoms with Crippen molar-refractivity contribution >= 4 is 34.7 Å². The summed E-state index contributed by atoms with van der Waals surface area (Å²) in [7, 11) is 1.58. The topological polar surface area (TPSA) is 102 Å². The molecule has 2 aromatic heterocycles. The summed E-state index contributed by atoms with van der Waals surface area (Å²) in [6.07, 6.45) is 5.49. The number of imidazole rings is 1. The molecule has 2 N–H and O–H groups in total. The third-order valence-electron chi connectivity index (χ3n) is 3.97. The molecule has 0 aliphatic carbocycles. The fourth-order valence-electron chi connectivity index (χ4n) is 2.73. The van der Waals surface area contributed by atoms with E-state index in [0.717, 1.165) is 11.1 Å². The first kappa shape index (κ1) is 17.7. The van der Waals surface area contributed by atoms with Crippen LogP contribution in [0, 0.1) is 0 Å². The number of carbonyl (C=O) groups is 1. The Labute approximate surface area is 164 Å². The summed E-state index contributed by atoms with van der Waals surface area (Å²) in [6.45, 7) is 0. The van der Waals surface area contributed by atoms with Gasteiger partial charge in [-0.15, -0.1) is 0 Å². The summed E-state index contributed by atoms with van der Waals surface area (Å²) in [4.78, 5) is 27.5. The minimum absolute atomic E-state index is 0.259. The number of benzene rings is 2. The highest BCUT2D eigenvalue weighted by atomic mass is 35.5. The summed E-state index contributed by atoms with van der Waals surface area (Å²) < 4.78 is 10.7. The number of rotatable bonds is 4. The predicted octanol–water partition coefficient (Wildman–Crippen LogP) is 4.29. The molecule has 0 saturated heterocycles. The quantitative estimate of drug-likeness (QED) is 0.534. The summed E-state index contributed by atoms with van der Waals surface area (Å²) in [5, 5.41) is 3.03. The zero-order chi connectivity index (χ0) is 19.5. The number of aromatic nitrogens is 4. The van der Waals surface area contributed by atoms with Crippen molar-refractivity contribution in [3.8, 4) is 22.6 Å². The molecule has 0 unspecified atom stereocenters. The van der Waals surface area contributed by atoms with Gasteiger partial charge in [0.05, 0.1) is 7.11 Å². The zero-order valence-electron chi connectivity index (χ0n) is 14.6. The Kier molecular flexibility index (Phi) is 4.77. The van der Waals surface area contributed by atoms with Gasteiger partial charge in [-0.1, -0.05) is 11.6 Å². The number of amides is 1. The molecule has 0 atom stereocenters. The van der Waals surface area contributed by atoms with E-state index in [1.807, 2.05) is 6.07 Å². The maximum Gasteiger partial charge on any atom is 0.419 e. The molecule has 0 saturated carbocycles. The maximum atomic E-state index is 12.1. The van der Waals surface area contributed by atoms with Crippen molar-refractivity contribution < 1.29 is 14.3 Å². The minimum Gasteiger partial charge on any atom is -0.497 e. The van der Waals surface area contributed by atoms with E-state index < -0.39 is 6.09 Å². The first-order valence-corrected chi connectivity index (χ1v) is 8.59. The lowest BCUT2D eigenvalue weighted by atomic mass is 10.0. The summed E-state index contributed by atoms with van der Waals surface area (Å²) in [5.74, 6) is 1.20. The third-order valence-corrected chi connectivity index (χ3v) is 4.30. The lowest BCUT2D eigenvalue weighted by Crippen LogP contribution is -2.17. The number of halogens is 1. The number of hydrogen-bond donors (Lipinski definition) is 2. The fourth-order valence-corrected chi connectivity index (χ4v) is 2.94. The number of hydrogen-bond acceptors (Lipinski definition) is 6. The van der Waals surface area contributed by atoms with E-state index >= 15 is 0 Å².